The Labute approximate surface area is 145 Å². The minimum Gasteiger partial charge on any atom is -0.496 e. The van der Waals surface area contributed by atoms with E-state index >= 15 is 0 Å². The van der Waals surface area contributed by atoms with E-state index in [0.29, 0.717) is 22.1 Å². The first kappa shape index (κ1) is 16.5. The summed E-state index contributed by atoms with van der Waals surface area (Å²) >= 11 is 1.34. The number of benzene rings is 1. The van der Waals surface area contributed by atoms with Crippen LogP contribution in [0, 0.1) is 11.3 Å². The molecular weight excluding hydrogens is 322 g/mol. The number of hydrogen-bond acceptors (Lipinski definition) is 5. The fourth-order valence-electron chi connectivity index (χ4n) is 3.20. The van der Waals surface area contributed by atoms with Crippen molar-refractivity contribution in [3.63, 3.8) is 0 Å². The van der Waals surface area contributed by atoms with E-state index in [1.165, 1.54) is 24.2 Å². The highest BCUT2D eigenvalue weighted by Crippen LogP contribution is 2.36. The number of para-hydroxylation sites is 1. The molecule has 6 heteroatoms. The van der Waals surface area contributed by atoms with Crippen molar-refractivity contribution in [2.24, 2.45) is 0 Å². The van der Waals surface area contributed by atoms with Crippen LogP contribution >= 0.6 is 11.3 Å². The van der Waals surface area contributed by atoms with Gasteiger partial charge in [-0.05, 0) is 18.9 Å². The summed E-state index contributed by atoms with van der Waals surface area (Å²) in [4.78, 5) is 17.7. The number of aromatic nitrogens is 1. The van der Waals surface area contributed by atoms with Gasteiger partial charge >= 0.3 is 0 Å². The molecule has 2 aromatic rings. The molecule has 1 amide bonds. The molecule has 1 heterocycles. The second-order valence-electron chi connectivity index (χ2n) is 5.83. The number of nitrogens with one attached hydrogen (secondary N) is 1. The quantitative estimate of drug-likeness (QED) is 0.897. The first-order chi connectivity index (χ1) is 11.7. The van der Waals surface area contributed by atoms with Crippen LogP contribution in [-0.4, -0.2) is 18.0 Å². The molecule has 1 aromatic heterocycles. The van der Waals surface area contributed by atoms with Gasteiger partial charge in [-0.2, -0.15) is 5.26 Å². The zero-order valence-corrected chi connectivity index (χ0v) is 14.3. The van der Waals surface area contributed by atoms with Gasteiger partial charge in [0.2, 0.25) is 0 Å². The molecule has 0 radical (unpaired) electrons. The zero-order valence-electron chi connectivity index (χ0n) is 13.5. The average Bonchev–Trinajstić information content (AvgIpc) is 3.30. The Morgan fingerprint density at radius 2 is 2.17 bits per heavy atom. The van der Waals surface area contributed by atoms with Gasteiger partial charge in [-0.25, -0.2) is 4.98 Å². The molecule has 0 aliphatic heterocycles. The molecule has 0 saturated heterocycles. The first-order valence-electron chi connectivity index (χ1n) is 8.01. The van der Waals surface area contributed by atoms with Crippen molar-refractivity contribution in [1.82, 2.24) is 10.3 Å². The summed E-state index contributed by atoms with van der Waals surface area (Å²) < 4.78 is 5.29. The van der Waals surface area contributed by atoms with Crippen LogP contribution in [0.4, 0.5) is 0 Å². The number of rotatable bonds is 5. The van der Waals surface area contributed by atoms with Crippen LogP contribution in [0.3, 0.4) is 0 Å². The lowest BCUT2D eigenvalue weighted by Crippen LogP contribution is -2.28. The van der Waals surface area contributed by atoms with Gasteiger partial charge < -0.3 is 10.1 Å². The van der Waals surface area contributed by atoms with Crippen LogP contribution in [0.25, 0.3) is 0 Å². The van der Waals surface area contributed by atoms with Gasteiger partial charge in [0.05, 0.1) is 24.4 Å². The Morgan fingerprint density at radius 1 is 1.42 bits per heavy atom. The Morgan fingerprint density at radius 3 is 2.88 bits per heavy atom. The maximum Gasteiger partial charge on any atom is 0.264 e. The first-order valence-corrected chi connectivity index (χ1v) is 8.89. The topological polar surface area (TPSA) is 75.0 Å². The summed E-state index contributed by atoms with van der Waals surface area (Å²) in [5.74, 6) is 0.713. The van der Waals surface area contributed by atoms with E-state index < -0.39 is 6.04 Å². The molecule has 124 valence electrons. The molecule has 24 heavy (non-hydrogen) atoms. The molecule has 5 nitrogen and oxygen atoms in total. The lowest BCUT2D eigenvalue weighted by atomic mass is 10.0. The van der Waals surface area contributed by atoms with Crippen molar-refractivity contribution < 1.29 is 9.53 Å². The van der Waals surface area contributed by atoms with E-state index in [-0.39, 0.29) is 5.91 Å². The molecule has 1 unspecified atom stereocenters. The lowest BCUT2D eigenvalue weighted by molar-refractivity contribution is 0.0947. The number of thiazole rings is 1. The third kappa shape index (κ3) is 3.26. The second-order valence-corrected chi connectivity index (χ2v) is 6.68. The molecule has 3 rings (SSSR count). The standard InChI is InChI=1S/C18H19N3O2S/c1-23-15-9-5-4-8-13(15)14(10-19)21-18(22)17-16(20-11-24-17)12-6-2-3-7-12/h4-5,8-9,11-12,14H,2-3,6-7H2,1H3,(H,21,22). The molecule has 1 saturated carbocycles. The number of hydrogen-bond donors (Lipinski definition) is 1. The van der Waals surface area contributed by atoms with Crippen LogP contribution in [0.15, 0.2) is 29.8 Å². The molecule has 0 spiro atoms. The van der Waals surface area contributed by atoms with E-state index in [0.717, 1.165) is 18.5 Å². The molecule has 1 fully saturated rings. The van der Waals surface area contributed by atoms with E-state index in [2.05, 4.69) is 16.4 Å². The number of amides is 1. The highest BCUT2D eigenvalue weighted by molar-refractivity contribution is 7.11. The van der Waals surface area contributed by atoms with Gasteiger partial charge in [-0.1, -0.05) is 31.0 Å². The third-order valence-corrected chi connectivity index (χ3v) is 5.24. The van der Waals surface area contributed by atoms with Gasteiger partial charge in [0, 0.05) is 11.5 Å². The fourth-order valence-corrected chi connectivity index (χ4v) is 3.97. The van der Waals surface area contributed by atoms with Crippen LogP contribution in [0.5, 0.6) is 5.75 Å². The molecule has 1 aliphatic carbocycles. The number of carbonyl (C=O) groups is 1. The van der Waals surface area contributed by atoms with E-state index in [4.69, 9.17) is 4.74 Å². The minimum atomic E-state index is -0.757. The maximum atomic E-state index is 12.7. The Bertz CT molecular complexity index is 760. The summed E-state index contributed by atoms with van der Waals surface area (Å²) in [6.07, 6.45) is 4.53. The molecule has 0 bridgehead atoms. The number of nitrogens with zero attached hydrogens (tertiary/aromatic N) is 2. The van der Waals surface area contributed by atoms with Gasteiger partial charge in [0.25, 0.3) is 5.91 Å². The fraction of sp³-hybridized carbons (Fsp3) is 0.389. The normalized spacial score (nSPS) is 15.7. The van der Waals surface area contributed by atoms with Crippen LogP contribution < -0.4 is 10.1 Å². The Kier molecular flexibility index (Phi) is 5.11. The van der Waals surface area contributed by atoms with E-state index in [1.54, 1.807) is 24.8 Å². The van der Waals surface area contributed by atoms with Gasteiger partial charge in [-0.15, -0.1) is 11.3 Å². The number of ether oxygens (including phenoxy) is 1. The Balaban J connectivity index is 1.81. The van der Waals surface area contributed by atoms with Crippen LogP contribution in [0.2, 0.25) is 0 Å². The maximum absolute atomic E-state index is 12.7. The number of carbonyl (C=O) groups excluding carboxylic acids is 1. The van der Waals surface area contributed by atoms with Crippen LogP contribution in [-0.2, 0) is 0 Å². The summed E-state index contributed by atoms with van der Waals surface area (Å²) in [5.41, 5.74) is 3.25. The second kappa shape index (κ2) is 7.45. The van der Waals surface area contributed by atoms with Crippen molar-refractivity contribution in [1.29, 1.82) is 5.26 Å². The van der Waals surface area contributed by atoms with Crippen molar-refractivity contribution in [2.45, 2.75) is 37.6 Å². The van der Waals surface area contributed by atoms with Crippen LogP contribution in [0.1, 0.15) is 58.6 Å². The molecular formula is C18H19N3O2S. The Hall–Kier alpha value is -2.39. The van der Waals surface area contributed by atoms with Gasteiger partial charge in [-0.3, -0.25) is 4.79 Å². The van der Waals surface area contributed by atoms with Gasteiger partial charge in [0.15, 0.2) is 0 Å². The molecule has 1 aromatic carbocycles. The highest BCUT2D eigenvalue weighted by atomic mass is 32.1. The summed E-state index contributed by atoms with van der Waals surface area (Å²) in [7, 11) is 1.55. The lowest BCUT2D eigenvalue weighted by Gasteiger charge is -2.15. The van der Waals surface area contributed by atoms with Crippen molar-refractivity contribution in [2.75, 3.05) is 7.11 Å². The largest absolute Gasteiger partial charge is 0.496 e. The predicted octanol–water partition coefficient (Wildman–Crippen LogP) is 3.80. The van der Waals surface area contributed by atoms with Crippen molar-refractivity contribution >= 4 is 17.2 Å². The van der Waals surface area contributed by atoms with E-state index in [1.807, 2.05) is 12.1 Å². The smallest absolute Gasteiger partial charge is 0.264 e. The summed E-state index contributed by atoms with van der Waals surface area (Å²) in [6.45, 7) is 0. The van der Waals surface area contributed by atoms with Crippen molar-refractivity contribution in [3.8, 4) is 11.8 Å². The monoisotopic (exact) mass is 341 g/mol. The summed E-state index contributed by atoms with van der Waals surface area (Å²) in [6, 6.07) is 8.62. The van der Waals surface area contributed by atoms with E-state index in [9.17, 15) is 10.1 Å². The summed E-state index contributed by atoms with van der Waals surface area (Å²) in [5, 5.41) is 12.3. The predicted molar refractivity (Wildman–Crippen MR) is 92.1 cm³/mol. The molecule has 1 N–H and O–H groups in total. The molecule has 1 atom stereocenters. The SMILES string of the molecule is COc1ccccc1C(C#N)NC(=O)c1scnc1C1CCCC1. The minimum absolute atomic E-state index is 0.239. The third-order valence-electron chi connectivity index (χ3n) is 4.40. The molecule has 1 aliphatic rings. The highest BCUT2D eigenvalue weighted by Gasteiger charge is 2.27. The zero-order chi connectivity index (χ0) is 16.9. The average molecular weight is 341 g/mol. The number of methoxy groups -OCH3 is 1. The van der Waals surface area contributed by atoms with Gasteiger partial charge in [0.1, 0.15) is 16.7 Å². The van der Waals surface area contributed by atoms with Crippen molar-refractivity contribution in [3.05, 3.63) is 45.9 Å². The number of nitriles is 1.